The van der Waals surface area contributed by atoms with Gasteiger partial charge in [-0.15, -0.1) is 0 Å². The maximum atomic E-state index is 15.7. The van der Waals surface area contributed by atoms with Gasteiger partial charge in [-0.2, -0.15) is 5.26 Å². The predicted molar refractivity (Wildman–Crippen MR) is 167 cm³/mol. The number of pyridine rings is 1. The molecule has 1 amide bonds. The summed E-state index contributed by atoms with van der Waals surface area (Å²) in [6, 6.07) is 16.4. The first-order chi connectivity index (χ1) is 23.1. The van der Waals surface area contributed by atoms with Crippen LogP contribution in [0.25, 0.3) is 22.3 Å². The standard InChI is InChI=1S/C35H28F3N5O5/c1-19(44)42-16-31(32(17-42)47-2)43-30-12-21(35(45)46)8-9-29(30)40-33(43)13-23-11-27(38)24(14-26(23)37)28-4-3-5-34(41-28)48-18-22-7-6-20(15-39)10-25(22)36/h3-12,14,31-32H,13,16-18H2,1-2H3,(H,45,46)/t31?,32-/m0/s1. The van der Waals surface area contributed by atoms with Crippen molar-refractivity contribution >= 4 is 22.9 Å². The minimum Gasteiger partial charge on any atom is -0.478 e. The molecule has 2 atom stereocenters. The lowest BCUT2D eigenvalue weighted by molar-refractivity contribution is -0.128. The Morgan fingerprint density at radius 1 is 0.979 bits per heavy atom. The summed E-state index contributed by atoms with van der Waals surface area (Å²) in [6.07, 6.45) is -0.615. The number of carbonyl (C=O) groups excluding carboxylic acids is 1. The summed E-state index contributed by atoms with van der Waals surface area (Å²) in [7, 11) is 1.51. The van der Waals surface area contributed by atoms with Crippen LogP contribution in [-0.2, 0) is 22.6 Å². The van der Waals surface area contributed by atoms with Crippen LogP contribution in [-0.4, -0.2) is 62.7 Å². The third-order valence-electron chi connectivity index (χ3n) is 8.37. The van der Waals surface area contributed by atoms with Gasteiger partial charge in [-0.25, -0.2) is 27.9 Å². The molecule has 3 aromatic carbocycles. The Morgan fingerprint density at radius 2 is 1.77 bits per heavy atom. The summed E-state index contributed by atoms with van der Waals surface area (Å²) in [5.41, 5.74) is 1.24. The van der Waals surface area contributed by atoms with Gasteiger partial charge in [0.25, 0.3) is 0 Å². The number of fused-ring (bicyclic) bond motifs is 1. The molecule has 1 unspecified atom stereocenters. The van der Waals surface area contributed by atoms with Gasteiger partial charge in [-0.3, -0.25) is 4.79 Å². The minimum absolute atomic E-state index is 0.00894. The molecule has 3 heterocycles. The molecule has 244 valence electrons. The average Bonchev–Trinajstić information content (AvgIpc) is 3.66. The zero-order chi connectivity index (χ0) is 34.1. The van der Waals surface area contributed by atoms with Gasteiger partial charge in [0.15, 0.2) is 0 Å². The molecule has 1 aliphatic heterocycles. The number of carbonyl (C=O) groups is 2. The van der Waals surface area contributed by atoms with Crippen molar-refractivity contribution in [3.63, 3.8) is 0 Å². The van der Waals surface area contributed by atoms with Crippen molar-refractivity contribution in [1.82, 2.24) is 19.4 Å². The number of benzene rings is 3. The molecular formula is C35H28F3N5O5. The van der Waals surface area contributed by atoms with Crippen LogP contribution < -0.4 is 4.74 Å². The van der Waals surface area contributed by atoms with Crippen LogP contribution in [0.5, 0.6) is 5.88 Å². The highest BCUT2D eigenvalue weighted by Crippen LogP contribution is 2.33. The van der Waals surface area contributed by atoms with E-state index in [1.807, 2.05) is 6.07 Å². The Kier molecular flexibility index (Phi) is 8.84. The van der Waals surface area contributed by atoms with E-state index in [1.54, 1.807) is 21.6 Å². The molecule has 48 heavy (non-hydrogen) atoms. The Balaban J connectivity index is 1.31. The fraction of sp³-hybridized carbons (Fsp3) is 0.229. The summed E-state index contributed by atoms with van der Waals surface area (Å²) in [5.74, 6) is -3.03. The second-order valence-corrected chi connectivity index (χ2v) is 11.3. The smallest absolute Gasteiger partial charge is 0.335 e. The van der Waals surface area contributed by atoms with Crippen molar-refractivity contribution in [1.29, 1.82) is 5.26 Å². The van der Waals surface area contributed by atoms with E-state index in [0.29, 0.717) is 23.4 Å². The van der Waals surface area contributed by atoms with Crippen molar-refractivity contribution < 1.29 is 37.3 Å². The second-order valence-electron chi connectivity index (χ2n) is 11.3. The minimum atomic E-state index is -1.14. The number of hydrogen-bond acceptors (Lipinski definition) is 7. The van der Waals surface area contributed by atoms with E-state index in [0.717, 1.165) is 18.2 Å². The fourth-order valence-electron chi connectivity index (χ4n) is 5.89. The molecule has 5 aromatic rings. The van der Waals surface area contributed by atoms with E-state index >= 15 is 8.78 Å². The molecule has 0 radical (unpaired) electrons. The molecule has 6 rings (SSSR count). The number of halogens is 3. The van der Waals surface area contributed by atoms with Gasteiger partial charge in [0.2, 0.25) is 11.8 Å². The number of hydrogen-bond donors (Lipinski definition) is 1. The molecule has 13 heteroatoms. The summed E-state index contributed by atoms with van der Waals surface area (Å²) in [5, 5.41) is 18.6. The largest absolute Gasteiger partial charge is 0.478 e. The number of rotatable bonds is 9. The number of likely N-dealkylation sites (tertiary alicyclic amines) is 1. The van der Waals surface area contributed by atoms with Crippen LogP contribution in [0.15, 0.2) is 66.7 Å². The SMILES string of the molecule is CO[C@H]1CN(C(C)=O)CC1n1c(Cc2cc(F)c(-c3cccc(OCc4ccc(C#N)cc4F)n3)cc2F)nc2ccc(C(=O)O)cc21. The Bertz CT molecular complexity index is 2110. The lowest BCUT2D eigenvalue weighted by atomic mass is 10.0. The molecule has 1 aliphatic rings. The Labute approximate surface area is 272 Å². The highest BCUT2D eigenvalue weighted by molar-refractivity contribution is 5.92. The molecule has 0 saturated carbocycles. The van der Waals surface area contributed by atoms with Gasteiger partial charge >= 0.3 is 5.97 Å². The van der Waals surface area contributed by atoms with E-state index in [9.17, 15) is 19.1 Å². The Morgan fingerprint density at radius 3 is 2.48 bits per heavy atom. The number of carboxylic acids is 1. The molecule has 0 aliphatic carbocycles. The van der Waals surface area contributed by atoms with Gasteiger partial charge in [0, 0.05) is 50.7 Å². The zero-order valence-electron chi connectivity index (χ0n) is 25.8. The number of nitrogens with zero attached hydrogens (tertiary/aromatic N) is 5. The molecule has 1 N–H and O–H groups in total. The zero-order valence-corrected chi connectivity index (χ0v) is 25.8. The topological polar surface area (TPSA) is 131 Å². The van der Waals surface area contributed by atoms with Crippen LogP contribution in [0.4, 0.5) is 13.2 Å². The highest BCUT2D eigenvalue weighted by atomic mass is 19.1. The number of imidazole rings is 1. The van der Waals surface area contributed by atoms with Crippen molar-refractivity contribution in [2.75, 3.05) is 20.2 Å². The summed E-state index contributed by atoms with van der Waals surface area (Å²) < 4.78 is 58.7. The number of carboxylic acid groups (broad SMARTS) is 1. The monoisotopic (exact) mass is 655 g/mol. The fourth-order valence-corrected chi connectivity index (χ4v) is 5.89. The number of aromatic nitrogens is 3. The third-order valence-corrected chi connectivity index (χ3v) is 8.37. The molecule has 2 aromatic heterocycles. The number of amides is 1. The summed E-state index contributed by atoms with van der Waals surface area (Å²) >= 11 is 0. The van der Waals surface area contributed by atoms with Crippen molar-refractivity contribution in [2.24, 2.45) is 0 Å². The first-order valence-electron chi connectivity index (χ1n) is 14.9. The maximum Gasteiger partial charge on any atom is 0.335 e. The van der Waals surface area contributed by atoms with Gasteiger partial charge in [0.05, 0.1) is 46.1 Å². The number of nitriles is 1. The first-order valence-corrected chi connectivity index (χ1v) is 14.9. The average molecular weight is 656 g/mol. The summed E-state index contributed by atoms with van der Waals surface area (Å²) in [4.78, 5) is 34.6. The first kappa shape index (κ1) is 32.2. The van der Waals surface area contributed by atoms with Crippen LogP contribution in [0.3, 0.4) is 0 Å². The van der Waals surface area contributed by atoms with Gasteiger partial charge in [-0.1, -0.05) is 12.1 Å². The van der Waals surface area contributed by atoms with Crippen molar-refractivity contribution in [2.45, 2.75) is 32.1 Å². The van der Waals surface area contributed by atoms with Crippen molar-refractivity contribution in [3.05, 3.63) is 112 Å². The van der Waals surface area contributed by atoms with E-state index < -0.39 is 35.6 Å². The quantitative estimate of drug-likeness (QED) is 0.215. The van der Waals surface area contributed by atoms with Crippen LogP contribution in [0.2, 0.25) is 0 Å². The molecule has 0 spiro atoms. The van der Waals surface area contributed by atoms with Crippen LogP contribution >= 0.6 is 0 Å². The normalized spacial score (nSPS) is 15.9. The predicted octanol–water partition coefficient (Wildman–Crippen LogP) is 5.67. The molecule has 1 saturated heterocycles. The summed E-state index contributed by atoms with van der Waals surface area (Å²) in [6.45, 7) is 1.79. The van der Waals surface area contributed by atoms with E-state index in [1.165, 1.54) is 50.4 Å². The second kappa shape index (κ2) is 13.2. The van der Waals surface area contributed by atoms with Gasteiger partial charge < -0.3 is 24.0 Å². The lowest BCUT2D eigenvalue weighted by Gasteiger charge is -2.22. The van der Waals surface area contributed by atoms with Crippen LogP contribution in [0, 0.1) is 28.8 Å². The third kappa shape index (κ3) is 6.30. The van der Waals surface area contributed by atoms with Gasteiger partial charge in [-0.05, 0) is 54.1 Å². The number of methoxy groups -OCH3 is 1. The molecule has 0 bridgehead atoms. The highest BCUT2D eigenvalue weighted by Gasteiger charge is 2.37. The molecular weight excluding hydrogens is 627 g/mol. The molecule has 10 nitrogen and oxygen atoms in total. The maximum absolute atomic E-state index is 15.7. The van der Waals surface area contributed by atoms with Crippen molar-refractivity contribution in [3.8, 4) is 23.2 Å². The van der Waals surface area contributed by atoms with E-state index in [4.69, 9.17) is 14.7 Å². The van der Waals surface area contributed by atoms with E-state index in [-0.39, 0.29) is 64.9 Å². The van der Waals surface area contributed by atoms with Gasteiger partial charge in [0.1, 0.15) is 29.9 Å². The van der Waals surface area contributed by atoms with E-state index in [2.05, 4.69) is 9.97 Å². The number of ether oxygens (including phenoxy) is 2. The Hall–Kier alpha value is -5.74. The lowest BCUT2D eigenvalue weighted by Crippen LogP contribution is -2.27. The molecule has 1 fully saturated rings. The van der Waals surface area contributed by atoms with Crippen LogP contribution in [0.1, 0.15) is 45.8 Å². The number of aromatic carboxylic acids is 1.